The Balaban J connectivity index is 1.50. The Bertz CT molecular complexity index is 686. The third-order valence-electron chi connectivity index (χ3n) is 5.37. The lowest BCUT2D eigenvalue weighted by Gasteiger charge is -2.26. The summed E-state index contributed by atoms with van der Waals surface area (Å²) in [5.41, 5.74) is 1.66. The number of anilines is 1. The van der Waals surface area contributed by atoms with Gasteiger partial charge in [0, 0.05) is 18.0 Å². The van der Waals surface area contributed by atoms with Crippen molar-refractivity contribution in [1.82, 2.24) is 10.2 Å². The topological polar surface area (TPSA) is 79.9 Å². The molecule has 1 aromatic heterocycles. The van der Waals surface area contributed by atoms with Gasteiger partial charge in [0.2, 0.25) is 5.91 Å². The average molecular weight is 424 g/mol. The van der Waals surface area contributed by atoms with Crippen LogP contribution in [0.15, 0.2) is 0 Å². The van der Waals surface area contributed by atoms with E-state index in [0.717, 1.165) is 77.1 Å². The van der Waals surface area contributed by atoms with Crippen LogP contribution in [0.4, 0.5) is 5.00 Å². The van der Waals surface area contributed by atoms with Gasteiger partial charge in [-0.25, -0.2) is 4.79 Å². The maximum atomic E-state index is 12.5. The molecule has 0 unspecified atom stereocenters. The van der Waals surface area contributed by atoms with Crippen LogP contribution in [-0.4, -0.2) is 69.3 Å². The van der Waals surface area contributed by atoms with Crippen molar-refractivity contribution in [3.05, 3.63) is 16.0 Å². The number of rotatable bonds is 9. The Morgan fingerprint density at radius 1 is 1.17 bits per heavy atom. The average Bonchev–Trinajstić information content (AvgIpc) is 2.89. The van der Waals surface area contributed by atoms with Gasteiger partial charge >= 0.3 is 5.97 Å². The smallest absolute Gasteiger partial charge is 0.341 e. The number of carbonyl (C=O) groups excluding carboxylic acids is 2. The minimum Gasteiger partial charge on any atom is -0.462 e. The van der Waals surface area contributed by atoms with E-state index in [1.807, 2.05) is 6.92 Å². The number of aryl methyl sites for hydroxylation is 1. The van der Waals surface area contributed by atoms with E-state index in [0.29, 0.717) is 17.2 Å². The highest BCUT2D eigenvalue weighted by atomic mass is 32.1. The Hall–Kier alpha value is -1.48. The van der Waals surface area contributed by atoms with Gasteiger partial charge in [-0.05, 0) is 57.7 Å². The van der Waals surface area contributed by atoms with Gasteiger partial charge in [-0.3, -0.25) is 9.69 Å². The van der Waals surface area contributed by atoms with E-state index in [9.17, 15) is 9.59 Å². The van der Waals surface area contributed by atoms with E-state index in [1.54, 1.807) is 11.3 Å². The molecule has 8 heteroatoms. The van der Waals surface area contributed by atoms with Gasteiger partial charge in [0.1, 0.15) is 5.00 Å². The van der Waals surface area contributed by atoms with Gasteiger partial charge in [-0.1, -0.05) is 6.42 Å². The standard InChI is InChI=1S/C21H33N3O4S/c1-2-28-21(26)19-16-7-4-3-5-8-17(16)29-20(19)23-18(25)15-22-9-6-10-24-11-13-27-14-12-24/h22H,2-15H2,1H3,(H,23,25). The second-order valence-corrected chi connectivity index (χ2v) is 8.63. The summed E-state index contributed by atoms with van der Waals surface area (Å²) in [5, 5.41) is 6.81. The summed E-state index contributed by atoms with van der Waals surface area (Å²) in [4.78, 5) is 28.6. The highest BCUT2D eigenvalue weighted by Crippen LogP contribution is 2.37. The van der Waals surface area contributed by atoms with E-state index in [4.69, 9.17) is 9.47 Å². The summed E-state index contributed by atoms with van der Waals surface area (Å²) in [5.74, 6) is -0.431. The molecule has 0 saturated carbocycles. The minimum atomic E-state index is -0.319. The molecule has 1 saturated heterocycles. The summed E-state index contributed by atoms with van der Waals surface area (Å²) in [6, 6.07) is 0. The molecule has 0 atom stereocenters. The molecular formula is C21H33N3O4S. The lowest BCUT2D eigenvalue weighted by atomic mass is 10.1. The molecule has 1 aliphatic carbocycles. The third-order valence-corrected chi connectivity index (χ3v) is 6.58. The molecule has 0 radical (unpaired) electrons. The number of nitrogens with zero attached hydrogens (tertiary/aromatic N) is 1. The number of fused-ring (bicyclic) bond motifs is 1. The van der Waals surface area contributed by atoms with Crippen molar-refractivity contribution in [1.29, 1.82) is 0 Å². The molecule has 0 bridgehead atoms. The van der Waals surface area contributed by atoms with Crippen LogP contribution in [0, 0.1) is 0 Å². The first-order chi connectivity index (χ1) is 14.2. The van der Waals surface area contributed by atoms with Gasteiger partial charge < -0.3 is 20.1 Å². The largest absolute Gasteiger partial charge is 0.462 e. The molecule has 0 spiro atoms. The summed E-state index contributed by atoms with van der Waals surface area (Å²) in [7, 11) is 0. The number of ether oxygens (including phenoxy) is 2. The van der Waals surface area contributed by atoms with Crippen molar-refractivity contribution in [2.45, 2.75) is 45.4 Å². The van der Waals surface area contributed by atoms with Crippen molar-refractivity contribution in [3.8, 4) is 0 Å². The molecular weight excluding hydrogens is 390 g/mol. The number of amides is 1. The van der Waals surface area contributed by atoms with E-state index < -0.39 is 0 Å². The highest BCUT2D eigenvalue weighted by Gasteiger charge is 2.26. The normalized spacial score (nSPS) is 17.4. The first kappa shape index (κ1) is 22.2. The molecule has 7 nitrogen and oxygen atoms in total. The summed E-state index contributed by atoms with van der Waals surface area (Å²) >= 11 is 1.54. The fourth-order valence-electron chi connectivity index (χ4n) is 3.88. The van der Waals surface area contributed by atoms with Crippen LogP contribution in [0.25, 0.3) is 0 Å². The zero-order valence-corrected chi connectivity index (χ0v) is 18.2. The summed E-state index contributed by atoms with van der Waals surface area (Å²) in [6.45, 7) is 7.78. The second kappa shape index (κ2) is 11.6. The number of hydrogen-bond donors (Lipinski definition) is 2. The molecule has 2 aliphatic rings. The Morgan fingerprint density at radius 2 is 1.97 bits per heavy atom. The Labute approximate surface area is 177 Å². The third kappa shape index (κ3) is 6.50. The van der Waals surface area contributed by atoms with Gasteiger partial charge in [-0.2, -0.15) is 0 Å². The van der Waals surface area contributed by atoms with Crippen molar-refractivity contribution >= 4 is 28.2 Å². The van der Waals surface area contributed by atoms with Crippen LogP contribution in [0.3, 0.4) is 0 Å². The zero-order chi connectivity index (χ0) is 20.5. The van der Waals surface area contributed by atoms with E-state index in [2.05, 4.69) is 15.5 Å². The number of hydrogen-bond acceptors (Lipinski definition) is 7. The van der Waals surface area contributed by atoms with Crippen LogP contribution in [0.5, 0.6) is 0 Å². The SMILES string of the molecule is CCOC(=O)c1c(NC(=O)CNCCCN2CCOCC2)sc2c1CCCCC2. The quantitative estimate of drug-likeness (QED) is 0.361. The molecule has 1 amide bonds. The van der Waals surface area contributed by atoms with Crippen LogP contribution < -0.4 is 10.6 Å². The number of esters is 1. The van der Waals surface area contributed by atoms with Gasteiger partial charge in [0.05, 0.1) is 31.9 Å². The number of thiophene rings is 1. The molecule has 162 valence electrons. The predicted molar refractivity (Wildman–Crippen MR) is 115 cm³/mol. The van der Waals surface area contributed by atoms with Crippen LogP contribution >= 0.6 is 11.3 Å². The maximum Gasteiger partial charge on any atom is 0.341 e. The molecule has 0 aromatic carbocycles. The molecule has 29 heavy (non-hydrogen) atoms. The van der Waals surface area contributed by atoms with E-state index >= 15 is 0 Å². The van der Waals surface area contributed by atoms with Gasteiger partial charge in [0.15, 0.2) is 0 Å². The predicted octanol–water partition coefficient (Wildman–Crippen LogP) is 2.44. The van der Waals surface area contributed by atoms with Crippen molar-refractivity contribution in [2.75, 3.05) is 57.9 Å². The van der Waals surface area contributed by atoms with E-state index in [-0.39, 0.29) is 18.4 Å². The highest BCUT2D eigenvalue weighted by molar-refractivity contribution is 7.17. The second-order valence-electron chi connectivity index (χ2n) is 7.52. The van der Waals surface area contributed by atoms with Crippen LogP contribution in [-0.2, 0) is 27.1 Å². The van der Waals surface area contributed by atoms with Crippen molar-refractivity contribution in [3.63, 3.8) is 0 Å². The lowest BCUT2D eigenvalue weighted by molar-refractivity contribution is -0.115. The molecule has 1 aromatic rings. The molecule has 2 N–H and O–H groups in total. The fourth-order valence-corrected chi connectivity index (χ4v) is 5.17. The monoisotopic (exact) mass is 423 g/mol. The first-order valence-corrected chi connectivity index (χ1v) is 11.6. The zero-order valence-electron chi connectivity index (χ0n) is 17.4. The molecule has 2 heterocycles. The van der Waals surface area contributed by atoms with Crippen molar-refractivity contribution in [2.24, 2.45) is 0 Å². The van der Waals surface area contributed by atoms with Crippen LogP contribution in [0.2, 0.25) is 0 Å². The van der Waals surface area contributed by atoms with E-state index in [1.165, 1.54) is 11.3 Å². The number of carbonyl (C=O) groups is 2. The Kier molecular flexibility index (Phi) is 8.92. The number of morpholine rings is 1. The number of nitrogens with one attached hydrogen (secondary N) is 2. The molecule has 3 rings (SSSR count). The summed E-state index contributed by atoms with van der Waals surface area (Å²) < 4.78 is 10.6. The summed E-state index contributed by atoms with van der Waals surface area (Å²) in [6.07, 6.45) is 6.24. The minimum absolute atomic E-state index is 0.113. The first-order valence-electron chi connectivity index (χ1n) is 10.8. The van der Waals surface area contributed by atoms with Gasteiger partial charge in [0.25, 0.3) is 0 Å². The Morgan fingerprint density at radius 3 is 2.76 bits per heavy atom. The van der Waals surface area contributed by atoms with Gasteiger partial charge in [-0.15, -0.1) is 11.3 Å². The maximum absolute atomic E-state index is 12.5. The molecule has 1 aliphatic heterocycles. The van der Waals surface area contributed by atoms with Crippen molar-refractivity contribution < 1.29 is 19.1 Å². The van der Waals surface area contributed by atoms with Crippen LogP contribution in [0.1, 0.15) is 53.4 Å². The lowest BCUT2D eigenvalue weighted by Crippen LogP contribution is -2.38. The fraction of sp³-hybridized carbons (Fsp3) is 0.714. The molecule has 1 fully saturated rings.